The summed E-state index contributed by atoms with van der Waals surface area (Å²) >= 11 is 0. The summed E-state index contributed by atoms with van der Waals surface area (Å²) in [6, 6.07) is 3.76. The number of aliphatic hydroxyl groups excluding tert-OH is 1. The van der Waals surface area contributed by atoms with Gasteiger partial charge < -0.3 is 14.4 Å². The van der Waals surface area contributed by atoms with Gasteiger partial charge in [0.1, 0.15) is 11.5 Å². The Morgan fingerprint density at radius 1 is 1.37 bits per heavy atom. The minimum Gasteiger partial charge on any atom is -0.464 e. The van der Waals surface area contributed by atoms with Gasteiger partial charge in [0.25, 0.3) is 0 Å². The fourth-order valence-corrected chi connectivity index (χ4v) is 1.55. The summed E-state index contributed by atoms with van der Waals surface area (Å²) in [5, 5.41) is 9.27. The lowest BCUT2D eigenvalue weighted by Gasteiger charge is -2.34. The molecule has 1 rings (SSSR count). The summed E-state index contributed by atoms with van der Waals surface area (Å²) in [5.74, 6) is 1.62. The van der Waals surface area contributed by atoms with Crippen molar-refractivity contribution >= 4 is 5.91 Å². The minimum atomic E-state index is -0.405. The van der Waals surface area contributed by atoms with E-state index in [9.17, 15) is 9.90 Å². The van der Waals surface area contributed by atoms with E-state index in [0.717, 1.165) is 11.5 Å². The molecule has 0 aliphatic rings. The van der Waals surface area contributed by atoms with E-state index in [1.807, 2.05) is 44.9 Å². The largest absolute Gasteiger partial charge is 0.464 e. The molecule has 0 bridgehead atoms. The first kappa shape index (κ1) is 15.7. The fourth-order valence-electron chi connectivity index (χ4n) is 1.55. The summed E-state index contributed by atoms with van der Waals surface area (Å²) in [6.45, 7) is 6.41. The smallest absolute Gasteiger partial charge is 0.236 e. The van der Waals surface area contributed by atoms with Gasteiger partial charge in [-0.3, -0.25) is 9.69 Å². The van der Waals surface area contributed by atoms with Crippen LogP contribution in [0.15, 0.2) is 16.5 Å². The van der Waals surface area contributed by atoms with Crippen molar-refractivity contribution in [2.75, 3.05) is 27.2 Å². The Balaban J connectivity index is 2.53. The fraction of sp³-hybridized carbons (Fsp3) is 0.643. The second kappa shape index (κ2) is 6.21. The lowest BCUT2D eigenvalue weighted by Crippen LogP contribution is -2.48. The van der Waals surface area contributed by atoms with Gasteiger partial charge >= 0.3 is 0 Å². The van der Waals surface area contributed by atoms with E-state index in [1.54, 1.807) is 11.9 Å². The Morgan fingerprint density at radius 3 is 2.47 bits per heavy atom. The molecule has 0 unspecified atom stereocenters. The molecule has 1 heterocycles. The number of nitrogens with zero attached hydrogens (tertiary/aromatic N) is 2. The Kier molecular flexibility index (Phi) is 5.14. The van der Waals surface area contributed by atoms with Crippen LogP contribution < -0.4 is 0 Å². The van der Waals surface area contributed by atoms with Crippen molar-refractivity contribution < 1.29 is 14.3 Å². The van der Waals surface area contributed by atoms with Crippen LogP contribution >= 0.6 is 0 Å². The number of furan rings is 1. The van der Waals surface area contributed by atoms with Gasteiger partial charge in [-0.05, 0) is 40.0 Å². The maximum atomic E-state index is 12.1. The molecular weight excluding hydrogens is 244 g/mol. The number of amides is 1. The normalized spacial score (nSPS) is 11.9. The average molecular weight is 268 g/mol. The number of likely N-dealkylation sites (N-methyl/N-ethyl adjacent to an activating group) is 2. The number of aliphatic hydroxyl groups is 1. The number of hydrogen-bond acceptors (Lipinski definition) is 4. The van der Waals surface area contributed by atoms with Crippen molar-refractivity contribution in [3.05, 3.63) is 23.7 Å². The van der Waals surface area contributed by atoms with E-state index in [2.05, 4.69) is 0 Å². The number of carbonyl (C=O) groups excluding carboxylic acids is 1. The monoisotopic (exact) mass is 268 g/mol. The SMILES string of the molecule is Cc1ccc(CN(C)C(=O)CN(C)C(C)(C)CO)o1. The maximum absolute atomic E-state index is 12.1. The van der Waals surface area contributed by atoms with Gasteiger partial charge in [0.2, 0.25) is 5.91 Å². The predicted molar refractivity (Wildman–Crippen MR) is 73.7 cm³/mol. The number of carbonyl (C=O) groups is 1. The Bertz CT molecular complexity index is 426. The van der Waals surface area contributed by atoms with Crippen molar-refractivity contribution in [1.82, 2.24) is 9.80 Å². The summed E-state index contributed by atoms with van der Waals surface area (Å²) < 4.78 is 5.45. The molecule has 1 N–H and O–H groups in total. The van der Waals surface area contributed by atoms with Crippen LogP contribution in [0.25, 0.3) is 0 Å². The van der Waals surface area contributed by atoms with Crippen LogP contribution in [0.2, 0.25) is 0 Å². The first-order valence-electron chi connectivity index (χ1n) is 6.37. The second-order valence-corrected chi connectivity index (χ2v) is 5.59. The predicted octanol–water partition coefficient (Wildman–Crippen LogP) is 1.25. The molecule has 1 aromatic heterocycles. The second-order valence-electron chi connectivity index (χ2n) is 5.59. The van der Waals surface area contributed by atoms with Crippen molar-refractivity contribution in [3.8, 4) is 0 Å². The number of aryl methyl sites for hydroxylation is 1. The molecule has 1 aromatic rings. The topological polar surface area (TPSA) is 56.9 Å². The highest BCUT2D eigenvalue weighted by molar-refractivity contribution is 5.78. The van der Waals surface area contributed by atoms with Gasteiger partial charge in [-0.25, -0.2) is 0 Å². The first-order valence-corrected chi connectivity index (χ1v) is 6.37. The molecule has 0 atom stereocenters. The minimum absolute atomic E-state index is 0.00178. The molecule has 19 heavy (non-hydrogen) atoms. The van der Waals surface area contributed by atoms with Gasteiger partial charge in [0.15, 0.2) is 0 Å². The van der Waals surface area contributed by atoms with Crippen molar-refractivity contribution in [3.63, 3.8) is 0 Å². The van der Waals surface area contributed by atoms with E-state index in [-0.39, 0.29) is 19.1 Å². The summed E-state index contributed by atoms with van der Waals surface area (Å²) in [7, 11) is 3.58. The summed E-state index contributed by atoms with van der Waals surface area (Å²) in [4.78, 5) is 15.6. The third-order valence-electron chi connectivity index (χ3n) is 3.41. The van der Waals surface area contributed by atoms with E-state index in [1.165, 1.54) is 0 Å². The zero-order valence-electron chi connectivity index (χ0n) is 12.4. The first-order chi connectivity index (χ1) is 8.76. The Labute approximate surface area is 114 Å². The summed E-state index contributed by atoms with van der Waals surface area (Å²) in [5.41, 5.74) is -0.405. The molecule has 0 spiro atoms. The van der Waals surface area contributed by atoms with Crippen LogP contribution in [0.3, 0.4) is 0 Å². The van der Waals surface area contributed by atoms with Gasteiger partial charge in [-0.2, -0.15) is 0 Å². The molecule has 0 aliphatic carbocycles. The van der Waals surface area contributed by atoms with Gasteiger partial charge in [0, 0.05) is 12.6 Å². The molecule has 0 saturated carbocycles. The highest BCUT2D eigenvalue weighted by Crippen LogP contribution is 2.12. The van der Waals surface area contributed by atoms with E-state index in [0.29, 0.717) is 6.54 Å². The lowest BCUT2D eigenvalue weighted by atomic mass is 10.1. The van der Waals surface area contributed by atoms with Crippen molar-refractivity contribution in [2.45, 2.75) is 32.9 Å². The van der Waals surface area contributed by atoms with Crippen molar-refractivity contribution in [1.29, 1.82) is 0 Å². The van der Waals surface area contributed by atoms with Crippen LogP contribution in [-0.4, -0.2) is 53.6 Å². The molecule has 0 saturated heterocycles. The molecule has 0 aromatic carbocycles. The molecule has 5 nitrogen and oxygen atoms in total. The van der Waals surface area contributed by atoms with Crippen LogP contribution in [0.4, 0.5) is 0 Å². The van der Waals surface area contributed by atoms with E-state index >= 15 is 0 Å². The van der Waals surface area contributed by atoms with E-state index in [4.69, 9.17) is 4.42 Å². The molecule has 5 heteroatoms. The van der Waals surface area contributed by atoms with Gasteiger partial charge in [0.05, 0.1) is 19.7 Å². The Hall–Kier alpha value is -1.33. The van der Waals surface area contributed by atoms with Crippen LogP contribution in [-0.2, 0) is 11.3 Å². The van der Waals surface area contributed by atoms with Crippen LogP contribution in [0, 0.1) is 6.92 Å². The molecule has 0 radical (unpaired) electrons. The van der Waals surface area contributed by atoms with Crippen LogP contribution in [0.1, 0.15) is 25.4 Å². The lowest BCUT2D eigenvalue weighted by molar-refractivity contribution is -0.133. The van der Waals surface area contributed by atoms with Gasteiger partial charge in [-0.1, -0.05) is 0 Å². The third-order valence-corrected chi connectivity index (χ3v) is 3.41. The maximum Gasteiger partial charge on any atom is 0.236 e. The highest BCUT2D eigenvalue weighted by atomic mass is 16.3. The Morgan fingerprint density at radius 2 is 2.00 bits per heavy atom. The average Bonchev–Trinajstić information content (AvgIpc) is 2.74. The molecular formula is C14H24N2O3. The molecule has 0 aliphatic heterocycles. The molecule has 0 fully saturated rings. The van der Waals surface area contributed by atoms with E-state index < -0.39 is 5.54 Å². The zero-order chi connectivity index (χ0) is 14.6. The summed E-state index contributed by atoms with van der Waals surface area (Å²) in [6.07, 6.45) is 0. The number of hydrogen-bond donors (Lipinski definition) is 1. The van der Waals surface area contributed by atoms with Crippen LogP contribution in [0.5, 0.6) is 0 Å². The highest BCUT2D eigenvalue weighted by Gasteiger charge is 2.25. The quantitative estimate of drug-likeness (QED) is 0.843. The number of rotatable bonds is 6. The third kappa shape index (κ3) is 4.36. The molecule has 1 amide bonds. The molecule has 108 valence electrons. The van der Waals surface area contributed by atoms with Gasteiger partial charge in [-0.15, -0.1) is 0 Å². The standard InChI is InChI=1S/C14H24N2O3/c1-11-6-7-12(19-11)8-15(4)13(18)9-16(5)14(2,3)10-17/h6-7,17H,8-10H2,1-5H3. The van der Waals surface area contributed by atoms with Crippen molar-refractivity contribution in [2.24, 2.45) is 0 Å². The zero-order valence-corrected chi connectivity index (χ0v) is 12.4.